The van der Waals surface area contributed by atoms with E-state index < -0.39 is 54.2 Å². The third-order valence-electron chi connectivity index (χ3n) is 10.2. The van der Waals surface area contributed by atoms with Gasteiger partial charge in [0.15, 0.2) is 0 Å². The molecule has 55 heavy (non-hydrogen) atoms. The zero-order valence-corrected chi connectivity index (χ0v) is 31.8. The van der Waals surface area contributed by atoms with Crippen molar-refractivity contribution in [2.75, 3.05) is 32.9 Å². The molecule has 4 atom stereocenters. The lowest BCUT2D eigenvalue weighted by atomic mass is 9.83. The number of likely N-dealkylation sites (tertiary alicyclic amines) is 1. The smallest absolute Gasteiger partial charge is 0.290 e. The van der Waals surface area contributed by atoms with Crippen LogP contribution in [0.15, 0.2) is 54.6 Å². The zero-order chi connectivity index (χ0) is 39.6. The third-order valence-corrected chi connectivity index (χ3v) is 10.2. The van der Waals surface area contributed by atoms with Crippen LogP contribution in [0.25, 0.3) is 0 Å². The highest BCUT2D eigenvalue weighted by Gasteiger charge is 2.41. The Kier molecular flexibility index (Phi) is 17.6. The third kappa shape index (κ3) is 13.2. The molecule has 2 fully saturated rings. The van der Waals surface area contributed by atoms with Crippen molar-refractivity contribution in [3.8, 4) is 5.75 Å². The molecule has 1 aliphatic heterocycles. The molecule has 5 amide bonds. The molecule has 0 spiro atoms. The van der Waals surface area contributed by atoms with Gasteiger partial charge in [-0.2, -0.15) is 0 Å². The van der Waals surface area contributed by atoms with Gasteiger partial charge in [-0.3, -0.25) is 28.8 Å². The van der Waals surface area contributed by atoms with Gasteiger partial charge in [-0.15, -0.1) is 0 Å². The van der Waals surface area contributed by atoms with Gasteiger partial charge in [-0.25, -0.2) is 0 Å². The highest BCUT2D eigenvalue weighted by Crippen LogP contribution is 2.30. The minimum Gasteiger partial charge on any atom is -0.494 e. The molecule has 14 nitrogen and oxygen atoms in total. The highest BCUT2D eigenvalue weighted by molar-refractivity contribution is 6.38. The number of nitrogens with one attached hydrogen (secondary N) is 4. The second-order valence-corrected chi connectivity index (χ2v) is 14.3. The maximum atomic E-state index is 14.3. The largest absolute Gasteiger partial charge is 0.494 e. The molecule has 1 heterocycles. The first-order valence-corrected chi connectivity index (χ1v) is 19.6. The average Bonchev–Trinajstić information content (AvgIpc) is 3.70. The van der Waals surface area contributed by atoms with Crippen molar-refractivity contribution in [2.24, 2.45) is 5.92 Å². The zero-order valence-electron chi connectivity index (χ0n) is 31.8. The summed E-state index contributed by atoms with van der Waals surface area (Å²) in [4.78, 5) is 81.7. The number of nitrogens with zero attached hydrogens (tertiary/aromatic N) is 1. The Morgan fingerprint density at radius 3 is 2.33 bits per heavy atom. The van der Waals surface area contributed by atoms with Gasteiger partial charge in [-0.05, 0) is 74.1 Å². The Labute approximate surface area is 323 Å². The molecule has 1 saturated heterocycles. The van der Waals surface area contributed by atoms with Gasteiger partial charge >= 0.3 is 0 Å². The number of aliphatic hydroxyl groups is 2. The number of ketones is 1. The number of hydrogen-bond donors (Lipinski definition) is 6. The van der Waals surface area contributed by atoms with Crippen molar-refractivity contribution in [1.82, 2.24) is 26.2 Å². The van der Waals surface area contributed by atoms with Gasteiger partial charge < -0.3 is 41.1 Å². The molecule has 2 aromatic carbocycles. The summed E-state index contributed by atoms with van der Waals surface area (Å²) in [6, 6.07) is 12.5. The molecule has 2 aromatic rings. The van der Waals surface area contributed by atoms with E-state index in [1.807, 2.05) is 13.0 Å². The molecule has 1 aliphatic carbocycles. The monoisotopic (exact) mass is 763 g/mol. The molecule has 14 heteroatoms. The van der Waals surface area contributed by atoms with E-state index >= 15 is 0 Å². The van der Waals surface area contributed by atoms with Crippen LogP contribution >= 0.6 is 0 Å². The molecule has 2 aliphatic rings. The fourth-order valence-electron chi connectivity index (χ4n) is 7.29. The van der Waals surface area contributed by atoms with E-state index in [1.165, 1.54) is 4.90 Å². The van der Waals surface area contributed by atoms with Crippen LogP contribution in [-0.4, -0.2) is 101 Å². The maximum Gasteiger partial charge on any atom is 0.290 e. The second kappa shape index (κ2) is 22.5. The van der Waals surface area contributed by atoms with Crippen LogP contribution in [-0.2, 0) is 35.2 Å². The summed E-state index contributed by atoms with van der Waals surface area (Å²) in [7, 11) is 0. The van der Waals surface area contributed by atoms with Gasteiger partial charge in [0.25, 0.3) is 5.91 Å². The summed E-state index contributed by atoms with van der Waals surface area (Å²) >= 11 is 0. The fourth-order valence-corrected chi connectivity index (χ4v) is 7.29. The first kappa shape index (κ1) is 42.9. The quantitative estimate of drug-likeness (QED) is 0.0815. The summed E-state index contributed by atoms with van der Waals surface area (Å²) in [5.41, 5.74) is 1.40. The minimum absolute atomic E-state index is 0.0355. The first-order valence-electron chi connectivity index (χ1n) is 19.6. The number of aliphatic hydroxyl groups excluding tert-OH is 2. The Morgan fingerprint density at radius 1 is 0.855 bits per heavy atom. The van der Waals surface area contributed by atoms with Crippen LogP contribution in [0, 0.1) is 5.92 Å². The summed E-state index contributed by atoms with van der Waals surface area (Å²) in [6.07, 6.45) is 7.39. The lowest BCUT2D eigenvalue weighted by molar-refractivity contribution is -0.144. The number of ether oxygens (including phenoxy) is 1. The van der Waals surface area contributed by atoms with E-state index in [2.05, 4.69) is 21.3 Å². The average molecular weight is 764 g/mol. The lowest BCUT2D eigenvalue weighted by Crippen LogP contribution is -2.58. The normalized spacial score (nSPS) is 17.4. The molecule has 0 aromatic heterocycles. The van der Waals surface area contributed by atoms with Crippen molar-refractivity contribution >= 4 is 35.3 Å². The van der Waals surface area contributed by atoms with Crippen molar-refractivity contribution in [2.45, 2.75) is 108 Å². The summed E-state index contributed by atoms with van der Waals surface area (Å²) < 4.78 is 5.76. The maximum absolute atomic E-state index is 14.3. The predicted molar refractivity (Wildman–Crippen MR) is 204 cm³/mol. The first-order chi connectivity index (χ1) is 26.6. The molecular weight excluding hydrogens is 706 g/mol. The van der Waals surface area contributed by atoms with Gasteiger partial charge in [0.1, 0.15) is 17.8 Å². The van der Waals surface area contributed by atoms with Gasteiger partial charge in [-0.1, -0.05) is 75.1 Å². The fraction of sp³-hybridized carbons (Fsp3) is 0.561. The van der Waals surface area contributed by atoms with Crippen LogP contribution in [0.1, 0.15) is 94.7 Å². The summed E-state index contributed by atoms with van der Waals surface area (Å²) in [6.45, 7) is 1.79. The van der Waals surface area contributed by atoms with Gasteiger partial charge in [0, 0.05) is 13.2 Å². The number of rotatable bonds is 21. The van der Waals surface area contributed by atoms with Crippen molar-refractivity contribution in [1.29, 1.82) is 0 Å². The molecule has 300 valence electrons. The van der Waals surface area contributed by atoms with Gasteiger partial charge in [0.2, 0.25) is 29.4 Å². The molecule has 4 unspecified atom stereocenters. The Balaban J connectivity index is 1.37. The molecule has 1 saturated carbocycles. The van der Waals surface area contributed by atoms with Crippen LogP contribution < -0.4 is 26.0 Å². The number of Topliss-reactive ketones (excluding diaryl/α,β-unsaturated/α-hetero) is 1. The van der Waals surface area contributed by atoms with Gasteiger partial charge in [0.05, 0.1) is 38.3 Å². The Morgan fingerprint density at radius 2 is 1.62 bits per heavy atom. The number of benzene rings is 2. The molecule has 4 rings (SSSR count). The molecular formula is C41H57N5O9. The van der Waals surface area contributed by atoms with Crippen LogP contribution in [0.4, 0.5) is 0 Å². The van der Waals surface area contributed by atoms with E-state index in [1.54, 1.807) is 48.5 Å². The molecule has 0 radical (unpaired) electrons. The van der Waals surface area contributed by atoms with E-state index in [0.717, 1.165) is 37.7 Å². The Bertz CT molecular complexity index is 1580. The summed E-state index contributed by atoms with van der Waals surface area (Å²) in [5, 5.41) is 29.4. The number of unbranched alkanes of at least 4 members (excludes halogenated alkanes) is 1. The van der Waals surface area contributed by atoms with Crippen LogP contribution in [0.3, 0.4) is 0 Å². The number of amides is 5. The lowest BCUT2D eigenvalue weighted by Gasteiger charge is -2.35. The topological polar surface area (TPSA) is 203 Å². The number of hydrogen-bond acceptors (Lipinski definition) is 9. The van der Waals surface area contributed by atoms with Crippen molar-refractivity contribution < 1.29 is 43.7 Å². The van der Waals surface area contributed by atoms with E-state index in [9.17, 15) is 33.9 Å². The highest BCUT2D eigenvalue weighted by atomic mass is 16.5. The standard InChI is InChI=1S/C41H57N5O9/c1-2-13-32(38(51)40(53)42-26-36(50)43-33(27-48)29-15-5-3-6-16-29)44-39(52)34-20-12-21-46(34)41(54)37(30-17-7-4-8-18-30)45-35(49)25-28-14-11-19-31(24-28)55-23-10-9-22-47/h3,5-6,11,14-16,19,24,30,32-34,37,47-48H,2,4,7-10,12-13,17-18,20-23,25-27H2,1H3,(H,42,53)(H,43,50)(H,44,52)(H,45,49). The van der Waals surface area contributed by atoms with Crippen LogP contribution in [0.2, 0.25) is 0 Å². The van der Waals surface area contributed by atoms with E-state index in [-0.39, 0.29) is 43.8 Å². The van der Waals surface area contributed by atoms with Crippen molar-refractivity contribution in [3.63, 3.8) is 0 Å². The predicted octanol–water partition coefficient (Wildman–Crippen LogP) is 2.26. The second-order valence-electron chi connectivity index (χ2n) is 14.3. The molecule has 0 bridgehead atoms. The SMILES string of the molecule is CCCC(NC(=O)C1CCCN1C(=O)C(NC(=O)Cc1cccc(OCCCCO)c1)C1CCCCC1)C(=O)C(=O)NCC(=O)NC(CO)c1ccccc1. The van der Waals surface area contributed by atoms with E-state index in [4.69, 9.17) is 9.84 Å². The Hall–Kier alpha value is -4.82. The number of carbonyl (C=O) groups excluding carboxylic acids is 6. The number of carbonyl (C=O) groups is 6. The molecule has 6 N–H and O–H groups in total. The minimum atomic E-state index is -1.17. The van der Waals surface area contributed by atoms with E-state index in [0.29, 0.717) is 56.6 Å². The van der Waals surface area contributed by atoms with Crippen LogP contribution in [0.5, 0.6) is 5.75 Å². The van der Waals surface area contributed by atoms with Crippen molar-refractivity contribution in [3.05, 3.63) is 65.7 Å². The summed E-state index contributed by atoms with van der Waals surface area (Å²) in [5.74, 6) is -3.23.